The van der Waals surface area contributed by atoms with Crippen LogP contribution in [0.3, 0.4) is 0 Å². The molecule has 1 aromatic heterocycles. The van der Waals surface area contributed by atoms with Gasteiger partial charge in [0.15, 0.2) is 22.7 Å². The Balaban J connectivity index is 1.63. The van der Waals surface area contributed by atoms with Gasteiger partial charge < -0.3 is 34.3 Å². The van der Waals surface area contributed by atoms with Crippen LogP contribution in [0.1, 0.15) is 0 Å². The van der Waals surface area contributed by atoms with E-state index in [1.54, 1.807) is 0 Å². The summed E-state index contributed by atoms with van der Waals surface area (Å²) >= 11 is 0. The molecule has 0 spiro atoms. The summed E-state index contributed by atoms with van der Waals surface area (Å²) in [5.74, 6) is -1.68. The second-order valence-electron chi connectivity index (χ2n) is 6.96. The quantitative estimate of drug-likeness (QED) is 0.462. The molecule has 1 fully saturated rings. The predicted octanol–water partition coefficient (Wildman–Crippen LogP) is 1.99. The number of benzene rings is 2. The molecule has 158 valence electrons. The SMILES string of the molecule is O=c1cc(-c2cc(O)c(O)c(O)c2)oc2cc(OCCN3CCOCC3)cc(O)c12. The van der Waals surface area contributed by atoms with Crippen LogP contribution in [-0.2, 0) is 4.74 Å². The highest BCUT2D eigenvalue weighted by Crippen LogP contribution is 2.39. The number of rotatable bonds is 5. The van der Waals surface area contributed by atoms with Crippen LogP contribution in [0.25, 0.3) is 22.3 Å². The van der Waals surface area contributed by atoms with E-state index in [1.165, 1.54) is 12.1 Å². The van der Waals surface area contributed by atoms with Crippen molar-refractivity contribution in [3.8, 4) is 40.1 Å². The first kappa shape index (κ1) is 19.9. The van der Waals surface area contributed by atoms with Crippen LogP contribution < -0.4 is 10.2 Å². The smallest absolute Gasteiger partial charge is 0.200 e. The van der Waals surface area contributed by atoms with Crippen molar-refractivity contribution in [1.29, 1.82) is 0 Å². The number of morpholine rings is 1. The van der Waals surface area contributed by atoms with Crippen molar-refractivity contribution in [3.05, 3.63) is 40.6 Å². The standard InChI is InChI=1S/C21H21NO8/c23-14-9-13(29-6-3-22-1-4-28-5-2-22)10-19-20(14)15(24)11-18(30-19)12-7-16(25)21(27)17(26)8-12/h7-11,23,25-27H,1-6H2. The lowest BCUT2D eigenvalue weighted by Gasteiger charge is -2.26. The van der Waals surface area contributed by atoms with Crippen LogP contribution in [0, 0.1) is 0 Å². The Morgan fingerprint density at radius 1 is 0.933 bits per heavy atom. The largest absolute Gasteiger partial charge is 0.507 e. The molecule has 1 aliphatic rings. The Kier molecular flexibility index (Phi) is 5.39. The van der Waals surface area contributed by atoms with Crippen molar-refractivity contribution in [2.75, 3.05) is 39.5 Å². The Bertz CT molecular complexity index is 1110. The molecule has 0 amide bonds. The minimum atomic E-state index is -0.671. The van der Waals surface area contributed by atoms with Crippen LogP contribution in [0.15, 0.2) is 39.5 Å². The number of nitrogens with zero attached hydrogens (tertiary/aromatic N) is 1. The highest BCUT2D eigenvalue weighted by Gasteiger charge is 2.16. The molecular formula is C21H21NO8. The van der Waals surface area contributed by atoms with Crippen molar-refractivity contribution in [2.24, 2.45) is 0 Å². The third kappa shape index (κ3) is 3.98. The molecule has 3 aromatic rings. The van der Waals surface area contributed by atoms with E-state index in [1.807, 2.05) is 0 Å². The van der Waals surface area contributed by atoms with Crippen molar-refractivity contribution < 1.29 is 34.3 Å². The lowest BCUT2D eigenvalue weighted by atomic mass is 10.1. The number of hydrogen-bond acceptors (Lipinski definition) is 9. The predicted molar refractivity (Wildman–Crippen MR) is 107 cm³/mol. The molecule has 0 saturated carbocycles. The molecule has 1 saturated heterocycles. The summed E-state index contributed by atoms with van der Waals surface area (Å²) in [4.78, 5) is 14.7. The fourth-order valence-corrected chi connectivity index (χ4v) is 3.33. The van der Waals surface area contributed by atoms with Crippen LogP contribution in [0.4, 0.5) is 0 Å². The number of ether oxygens (including phenoxy) is 2. The average molecular weight is 415 g/mol. The molecule has 0 atom stereocenters. The van der Waals surface area contributed by atoms with E-state index in [9.17, 15) is 25.2 Å². The summed E-state index contributed by atoms with van der Waals surface area (Å²) < 4.78 is 16.8. The number of hydrogen-bond donors (Lipinski definition) is 4. The van der Waals surface area contributed by atoms with Crippen molar-refractivity contribution in [3.63, 3.8) is 0 Å². The molecule has 0 radical (unpaired) electrons. The maximum absolute atomic E-state index is 12.5. The van der Waals surface area contributed by atoms with Gasteiger partial charge in [0.25, 0.3) is 0 Å². The van der Waals surface area contributed by atoms with Crippen LogP contribution in [0.5, 0.6) is 28.7 Å². The highest BCUT2D eigenvalue weighted by atomic mass is 16.5. The summed E-state index contributed by atoms with van der Waals surface area (Å²) in [6, 6.07) is 6.30. The van der Waals surface area contributed by atoms with E-state index >= 15 is 0 Å². The molecule has 30 heavy (non-hydrogen) atoms. The Morgan fingerprint density at radius 3 is 2.33 bits per heavy atom. The van der Waals surface area contributed by atoms with E-state index < -0.39 is 22.7 Å². The summed E-state index contributed by atoms with van der Waals surface area (Å²) in [5, 5.41) is 39.2. The lowest BCUT2D eigenvalue weighted by Crippen LogP contribution is -2.38. The van der Waals surface area contributed by atoms with Crippen LogP contribution in [-0.4, -0.2) is 64.8 Å². The van der Waals surface area contributed by atoms with Gasteiger partial charge in [-0.1, -0.05) is 0 Å². The second-order valence-corrected chi connectivity index (χ2v) is 6.96. The molecule has 4 rings (SSSR count). The number of phenolic OH excluding ortho intramolecular Hbond substituents is 4. The molecule has 0 unspecified atom stereocenters. The molecule has 9 nitrogen and oxygen atoms in total. The van der Waals surface area contributed by atoms with Gasteiger partial charge in [0.1, 0.15) is 34.8 Å². The maximum Gasteiger partial charge on any atom is 0.200 e. The highest BCUT2D eigenvalue weighted by molar-refractivity contribution is 5.86. The van der Waals surface area contributed by atoms with Crippen molar-refractivity contribution in [1.82, 2.24) is 4.90 Å². The van der Waals surface area contributed by atoms with Gasteiger partial charge in [-0.05, 0) is 12.1 Å². The minimum Gasteiger partial charge on any atom is -0.507 e. The minimum absolute atomic E-state index is 0.00787. The Morgan fingerprint density at radius 2 is 1.63 bits per heavy atom. The van der Waals surface area contributed by atoms with Gasteiger partial charge in [-0.25, -0.2) is 0 Å². The van der Waals surface area contributed by atoms with Gasteiger partial charge in [0.2, 0.25) is 0 Å². The molecular weight excluding hydrogens is 394 g/mol. The zero-order valence-electron chi connectivity index (χ0n) is 16.0. The third-order valence-corrected chi connectivity index (χ3v) is 4.92. The van der Waals surface area contributed by atoms with Gasteiger partial charge in [-0.3, -0.25) is 9.69 Å². The number of aromatic hydroxyl groups is 4. The second kappa shape index (κ2) is 8.13. The zero-order chi connectivity index (χ0) is 21.3. The van der Waals surface area contributed by atoms with E-state index in [4.69, 9.17) is 13.9 Å². The molecule has 0 aliphatic carbocycles. The normalized spacial score (nSPS) is 14.8. The first-order chi connectivity index (χ1) is 14.4. The molecule has 1 aliphatic heterocycles. The third-order valence-electron chi connectivity index (χ3n) is 4.92. The van der Waals surface area contributed by atoms with Gasteiger partial charge >= 0.3 is 0 Å². The molecule has 4 N–H and O–H groups in total. The topological polar surface area (TPSA) is 133 Å². The molecule has 9 heteroatoms. The van der Waals surface area contributed by atoms with Crippen LogP contribution >= 0.6 is 0 Å². The van der Waals surface area contributed by atoms with E-state index in [-0.39, 0.29) is 28.0 Å². The van der Waals surface area contributed by atoms with Gasteiger partial charge in [-0.15, -0.1) is 0 Å². The molecule has 2 heterocycles. The maximum atomic E-state index is 12.5. The van der Waals surface area contributed by atoms with Gasteiger partial charge in [0, 0.05) is 43.4 Å². The average Bonchev–Trinajstić information content (AvgIpc) is 2.72. The zero-order valence-corrected chi connectivity index (χ0v) is 16.0. The molecule has 0 bridgehead atoms. The van der Waals surface area contributed by atoms with Crippen molar-refractivity contribution in [2.45, 2.75) is 0 Å². The van der Waals surface area contributed by atoms with E-state index in [2.05, 4.69) is 4.90 Å². The fraction of sp³-hybridized carbons (Fsp3) is 0.286. The molecule has 2 aromatic carbocycles. The summed E-state index contributed by atoms with van der Waals surface area (Å²) in [7, 11) is 0. The van der Waals surface area contributed by atoms with E-state index in [0.717, 1.165) is 31.3 Å². The lowest BCUT2D eigenvalue weighted by molar-refractivity contribution is 0.0322. The van der Waals surface area contributed by atoms with Crippen LogP contribution in [0.2, 0.25) is 0 Å². The van der Waals surface area contributed by atoms with Gasteiger partial charge in [-0.2, -0.15) is 0 Å². The summed E-state index contributed by atoms with van der Waals surface area (Å²) in [6.45, 7) is 4.11. The fourth-order valence-electron chi connectivity index (χ4n) is 3.33. The van der Waals surface area contributed by atoms with Gasteiger partial charge in [0.05, 0.1) is 13.2 Å². The summed E-state index contributed by atoms with van der Waals surface area (Å²) in [6.07, 6.45) is 0. The monoisotopic (exact) mass is 415 g/mol. The first-order valence-electron chi connectivity index (χ1n) is 9.41. The summed E-state index contributed by atoms with van der Waals surface area (Å²) in [5.41, 5.74) is -0.235. The van der Waals surface area contributed by atoms with Crippen molar-refractivity contribution >= 4 is 11.0 Å². The Labute approximate surface area is 170 Å². The van der Waals surface area contributed by atoms with E-state index in [0.29, 0.717) is 32.1 Å². The number of phenols is 4. The first-order valence-corrected chi connectivity index (χ1v) is 9.41. The number of fused-ring (bicyclic) bond motifs is 1. The Hall–Kier alpha value is -3.43.